The first-order valence-corrected chi connectivity index (χ1v) is 5.53. The molecular formula is C12H18N2O. The third-order valence-electron chi connectivity index (χ3n) is 2.90. The van der Waals surface area contributed by atoms with Gasteiger partial charge in [-0.25, -0.2) is 0 Å². The van der Waals surface area contributed by atoms with Crippen molar-refractivity contribution < 1.29 is 5.11 Å². The standard InChI is InChI=1S/C12H18N2O/c1-9-7-11(8-10(2)13-9)14-5-3-12(15)4-6-14/h7-8,12,15H,3-6H2,1-2H3. The second-order valence-electron chi connectivity index (χ2n) is 4.33. The SMILES string of the molecule is Cc1cc(N2CCC(O)CC2)cc(C)n1. The van der Waals surface area contributed by atoms with Crippen molar-refractivity contribution in [1.82, 2.24) is 4.98 Å². The smallest absolute Gasteiger partial charge is 0.0574 e. The van der Waals surface area contributed by atoms with Crippen LogP contribution in [0.1, 0.15) is 24.2 Å². The lowest BCUT2D eigenvalue weighted by atomic mass is 10.1. The average Bonchev–Trinajstić information content (AvgIpc) is 2.17. The maximum atomic E-state index is 9.44. The largest absolute Gasteiger partial charge is 0.393 e. The van der Waals surface area contributed by atoms with Crippen LogP contribution in [-0.2, 0) is 0 Å². The van der Waals surface area contributed by atoms with E-state index in [0.717, 1.165) is 37.3 Å². The van der Waals surface area contributed by atoms with E-state index in [4.69, 9.17) is 0 Å². The summed E-state index contributed by atoms with van der Waals surface area (Å²) in [5, 5.41) is 9.44. The van der Waals surface area contributed by atoms with Gasteiger partial charge in [-0.05, 0) is 38.8 Å². The van der Waals surface area contributed by atoms with E-state index in [9.17, 15) is 5.11 Å². The highest BCUT2D eigenvalue weighted by atomic mass is 16.3. The molecule has 3 heteroatoms. The molecular weight excluding hydrogens is 188 g/mol. The summed E-state index contributed by atoms with van der Waals surface area (Å²) in [6.45, 7) is 5.94. The zero-order chi connectivity index (χ0) is 10.8. The molecule has 3 nitrogen and oxygen atoms in total. The van der Waals surface area contributed by atoms with Crippen molar-refractivity contribution >= 4 is 5.69 Å². The molecule has 2 rings (SSSR count). The van der Waals surface area contributed by atoms with Crippen LogP contribution in [0.5, 0.6) is 0 Å². The number of piperidine rings is 1. The molecule has 1 aliphatic rings. The predicted octanol–water partition coefficient (Wildman–Crippen LogP) is 1.66. The number of aromatic nitrogens is 1. The summed E-state index contributed by atoms with van der Waals surface area (Å²) >= 11 is 0. The van der Waals surface area contributed by atoms with Gasteiger partial charge in [-0.2, -0.15) is 0 Å². The van der Waals surface area contributed by atoms with Crippen molar-refractivity contribution in [2.75, 3.05) is 18.0 Å². The normalized spacial score (nSPS) is 18.2. The van der Waals surface area contributed by atoms with Crippen molar-refractivity contribution in [2.24, 2.45) is 0 Å². The van der Waals surface area contributed by atoms with Crippen LogP contribution >= 0.6 is 0 Å². The molecule has 0 saturated carbocycles. The van der Waals surface area contributed by atoms with Crippen molar-refractivity contribution in [3.05, 3.63) is 23.5 Å². The van der Waals surface area contributed by atoms with Gasteiger partial charge in [-0.15, -0.1) is 0 Å². The summed E-state index contributed by atoms with van der Waals surface area (Å²) in [4.78, 5) is 6.70. The predicted molar refractivity (Wildman–Crippen MR) is 61.2 cm³/mol. The van der Waals surface area contributed by atoms with Gasteiger partial charge in [0.2, 0.25) is 0 Å². The number of hydrogen-bond donors (Lipinski definition) is 1. The van der Waals surface area contributed by atoms with Crippen LogP contribution < -0.4 is 4.90 Å². The van der Waals surface area contributed by atoms with E-state index in [1.54, 1.807) is 0 Å². The molecule has 2 heterocycles. The summed E-state index contributed by atoms with van der Waals surface area (Å²) in [7, 11) is 0. The Kier molecular flexibility index (Phi) is 2.91. The zero-order valence-electron chi connectivity index (χ0n) is 9.40. The molecule has 0 spiro atoms. The van der Waals surface area contributed by atoms with Crippen LogP contribution in [0.15, 0.2) is 12.1 Å². The summed E-state index contributed by atoms with van der Waals surface area (Å²) in [6, 6.07) is 4.23. The van der Waals surface area contributed by atoms with E-state index in [1.165, 1.54) is 5.69 Å². The second-order valence-corrected chi connectivity index (χ2v) is 4.33. The van der Waals surface area contributed by atoms with Gasteiger partial charge in [0.1, 0.15) is 0 Å². The summed E-state index contributed by atoms with van der Waals surface area (Å²) in [5.41, 5.74) is 3.37. The Bertz CT molecular complexity index is 323. The van der Waals surface area contributed by atoms with E-state index in [0.29, 0.717) is 0 Å². The maximum absolute atomic E-state index is 9.44. The number of aliphatic hydroxyl groups excluding tert-OH is 1. The Morgan fingerprint density at radius 2 is 1.73 bits per heavy atom. The summed E-state index contributed by atoms with van der Waals surface area (Å²) in [5.74, 6) is 0. The minimum absolute atomic E-state index is 0.106. The van der Waals surface area contributed by atoms with Crippen molar-refractivity contribution in [3.8, 4) is 0 Å². The van der Waals surface area contributed by atoms with Gasteiger partial charge in [-0.1, -0.05) is 0 Å². The van der Waals surface area contributed by atoms with Gasteiger partial charge in [0.15, 0.2) is 0 Å². The highest BCUT2D eigenvalue weighted by molar-refractivity contribution is 5.48. The molecule has 82 valence electrons. The van der Waals surface area contributed by atoms with Gasteiger partial charge in [0, 0.05) is 30.2 Å². The monoisotopic (exact) mass is 206 g/mol. The molecule has 0 radical (unpaired) electrons. The van der Waals surface area contributed by atoms with Crippen LogP contribution in [-0.4, -0.2) is 29.3 Å². The van der Waals surface area contributed by atoms with Crippen molar-refractivity contribution in [3.63, 3.8) is 0 Å². The molecule has 1 saturated heterocycles. The third kappa shape index (κ3) is 2.48. The van der Waals surface area contributed by atoms with Crippen molar-refractivity contribution in [1.29, 1.82) is 0 Å². The van der Waals surface area contributed by atoms with Crippen LogP contribution in [0.2, 0.25) is 0 Å². The number of nitrogens with zero attached hydrogens (tertiary/aromatic N) is 2. The van der Waals surface area contributed by atoms with Gasteiger partial charge in [0.05, 0.1) is 6.10 Å². The van der Waals surface area contributed by atoms with E-state index in [-0.39, 0.29) is 6.10 Å². The molecule has 0 aromatic carbocycles. The average molecular weight is 206 g/mol. The number of rotatable bonds is 1. The highest BCUT2D eigenvalue weighted by Crippen LogP contribution is 2.21. The highest BCUT2D eigenvalue weighted by Gasteiger charge is 2.17. The Morgan fingerprint density at radius 1 is 1.20 bits per heavy atom. The lowest BCUT2D eigenvalue weighted by Crippen LogP contribution is -2.35. The first-order valence-electron chi connectivity index (χ1n) is 5.53. The topological polar surface area (TPSA) is 36.4 Å². The number of anilines is 1. The Labute approximate surface area is 90.8 Å². The van der Waals surface area contributed by atoms with Gasteiger partial charge < -0.3 is 10.0 Å². The minimum atomic E-state index is -0.106. The van der Waals surface area contributed by atoms with E-state index in [1.807, 2.05) is 13.8 Å². The number of aryl methyl sites for hydroxylation is 2. The molecule has 0 amide bonds. The van der Waals surface area contributed by atoms with E-state index < -0.39 is 0 Å². The molecule has 0 unspecified atom stereocenters. The molecule has 1 aromatic heterocycles. The minimum Gasteiger partial charge on any atom is -0.393 e. The fourth-order valence-electron chi connectivity index (χ4n) is 2.12. The molecule has 15 heavy (non-hydrogen) atoms. The summed E-state index contributed by atoms with van der Waals surface area (Å²) in [6.07, 6.45) is 1.64. The first-order chi connectivity index (χ1) is 7.15. The molecule has 0 aliphatic carbocycles. The second kappa shape index (κ2) is 4.19. The van der Waals surface area contributed by atoms with Crippen LogP contribution in [0.4, 0.5) is 5.69 Å². The van der Waals surface area contributed by atoms with Crippen LogP contribution in [0.3, 0.4) is 0 Å². The van der Waals surface area contributed by atoms with E-state index in [2.05, 4.69) is 22.0 Å². The van der Waals surface area contributed by atoms with Crippen LogP contribution in [0, 0.1) is 13.8 Å². The Hall–Kier alpha value is -1.09. The third-order valence-corrected chi connectivity index (χ3v) is 2.90. The van der Waals surface area contributed by atoms with Crippen molar-refractivity contribution in [2.45, 2.75) is 32.8 Å². The van der Waals surface area contributed by atoms with Gasteiger partial charge >= 0.3 is 0 Å². The number of hydrogen-bond acceptors (Lipinski definition) is 3. The molecule has 1 N–H and O–H groups in total. The van der Waals surface area contributed by atoms with Gasteiger partial charge in [-0.3, -0.25) is 4.98 Å². The number of pyridine rings is 1. The fourth-order valence-corrected chi connectivity index (χ4v) is 2.12. The Morgan fingerprint density at radius 3 is 2.27 bits per heavy atom. The Balaban J connectivity index is 2.15. The fraction of sp³-hybridized carbons (Fsp3) is 0.583. The zero-order valence-corrected chi connectivity index (χ0v) is 9.40. The number of aliphatic hydroxyl groups is 1. The van der Waals surface area contributed by atoms with Crippen LogP contribution in [0.25, 0.3) is 0 Å². The molecule has 1 fully saturated rings. The lowest BCUT2D eigenvalue weighted by molar-refractivity contribution is 0.145. The van der Waals surface area contributed by atoms with E-state index >= 15 is 0 Å². The quantitative estimate of drug-likeness (QED) is 0.759. The lowest BCUT2D eigenvalue weighted by Gasteiger charge is -2.31. The molecule has 0 bridgehead atoms. The maximum Gasteiger partial charge on any atom is 0.0574 e. The molecule has 1 aromatic rings. The molecule has 1 aliphatic heterocycles. The summed E-state index contributed by atoms with van der Waals surface area (Å²) < 4.78 is 0. The molecule has 0 atom stereocenters. The first kappa shape index (κ1) is 10.4. The van der Waals surface area contributed by atoms with Gasteiger partial charge in [0.25, 0.3) is 0 Å².